The van der Waals surface area contributed by atoms with Crippen LogP contribution in [0.1, 0.15) is 21.9 Å². The highest BCUT2D eigenvalue weighted by Gasteiger charge is 2.05. The van der Waals surface area contributed by atoms with Crippen molar-refractivity contribution < 1.29 is 9.90 Å². The largest absolute Gasteiger partial charge is 0.476 e. The highest BCUT2D eigenvalue weighted by molar-refractivity contribution is 7.10. The van der Waals surface area contributed by atoms with E-state index in [1.54, 1.807) is 12.2 Å². The van der Waals surface area contributed by atoms with E-state index in [2.05, 4.69) is 15.0 Å². The Hall–Kier alpha value is -1.85. The lowest BCUT2D eigenvalue weighted by Crippen LogP contribution is -1.95. The standard InChI is InChI=1S/C8H8N4O2S/c9-12-10-4-2-1-3-7-11-6(5-15-7)8(13)14/h1,3,5H,2,4H2,(H,13,14). The van der Waals surface area contributed by atoms with Gasteiger partial charge in [0, 0.05) is 16.8 Å². The van der Waals surface area contributed by atoms with E-state index in [1.165, 1.54) is 16.7 Å². The first-order chi connectivity index (χ1) is 7.24. The van der Waals surface area contributed by atoms with Crippen molar-refractivity contribution in [1.82, 2.24) is 4.98 Å². The second-order valence-corrected chi connectivity index (χ2v) is 3.41. The Balaban J connectivity index is 2.49. The number of carboxylic acid groups (broad SMARTS) is 1. The van der Waals surface area contributed by atoms with E-state index in [0.29, 0.717) is 18.0 Å². The van der Waals surface area contributed by atoms with Crippen molar-refractivity contribution in [2.45, 2.75) is 6.42 Å². The monoisotopic (exact) mass is 224 g/mol. The van der Waals surface area contributed by atoms with E-state index >= 15 is 0 Å². The molecular weight excluding hydrogens is 216 g/mol. The summed E-state index contributed by atoms with van der Waals surface area (Å²) < 4.78 is 0. The fourth-order valence-corrected chi connectivity index (χ4v) is 1.54. The number of carbonyl (C=O) groups is 1. The summed E-state index contributed by atoms with van der Waals surface area (Å²) in [5.41, 5.74) is 8.06. The molecule has 0 radical (unpaired) electrons. The van der Waals surface area contributed by atoms with Gasteiger partial charge in [0.15, 0.2) is 5.69 Å². The molecule has 0 saturated carbocycles. The molecule has 0 aromatic carbocycles. The predicted octanol–water partition coefficient (Wildman–Crippen LogP) is 2.55. The topological polar surface area (TPSA) is 99.0 Å². The summed E-state index contributed by atoms with van der Waals surface area (Å²) in [5, 5.41) is 14.1. The van der Waals surface area contributed by atoms with Gasteiger partial charge in [0.25, 0.3) is 0 Å². The molecule has 0 amide bonds. The molecule has 0 bridgehead atoms. The van der Waals surface area contributed by atoms with Crippen LogP contribution in [0.2, 0.25) is 0 Å². The van der Waals surface area contributed by atoms with Crippen LogP contribution in [0.25, 0.3) is 16.5 Å². The second-order valence-electron chi connectivity index (χ2n) is 2.52. The minimum atomic E-state index is -1.03. The predicted molar refractivity (Wildman–Crippen MR) is 56.7 cm³/mol. The number of hydrogen-bond acceptors (Lipinski definition) is 4. The molecule has 0 unspecified atom stereocenters. The number of aromatic carboxylic acids is 1. The highest BCUT2D eigenvalue weighted by atomic mass is 32.1. The summed E-state index contributed by atoms with van der Waals surface area (Å²) in [6.45, 7) is 0.393. The molecule has 1 aromatic rings. The minimum Gasteiger partial charge on any atom is -0.476 e. The zero-order chi connectivity index (χ0) is 11.1. The molecule has 0 aliphatic heterocycles. The Bertz CT molecular complexity index is 420. The summed E-state index contributed by atoms with van der Waals surface area (Å²) in [5.74, 6) is -1.03. The number of thiazole rings is 1. The van der Waals surface area contributed by atoms with Gasteiger partial charge < -0.3 is 5.11 Å². The molecule has 0 atom stereocenters. The first-order valence-corrected chi connectivity index (χ1v) is 4.98. The van der Waals surface area contributed by atoms with Crippen molar-refractivity contribution in [2.24, 2.45) is 5.11 Å². The normalized spacial score (nSPS) is 10.1. The quantitative estimate of drug-likeness (QED) is 0.360. The van der Waals surface area contributed by atoms with Crippen molar-refractivity contribution in [3.05, 3.63) is 32.6 Å². The molecule has 0 spiro atoms. The Morgan fingerprint density at radius 3 is 3.20 bits per heavy atom. The first-order valence-electron chi connectivity index (χ1n) is 4.10. The van der Waals surface area contributed by atoms with Crippen molar-refractivity contribution in [3.63, 3.8) is 0 Å². The molecule has 0 aliphatic carbocycles. The van der Waals surface area contributed by atoms with Gasteiger partial charge in [-0.3, -0.25) is 0 Å². The Morgan fingerprint density at radius 2 is 2.60 bits per heavy atom. The molecule has 1 heterocycles. The van der Waals surface area contributed by atoms with Crippen LogP contribution in [0.3, 0.4) is 0 Å². The van der Waals surface area contributed by atoms with E-state index in [-0.39, 0.29) is 5.69 Å². The van der Waals surface area contributed by atoms with Crippen LogP contribution in [-0.2, 0) is 0 Å². The molecule has 7 heteroatoms. The van der Waals surface area contributed by atoms with Crippen LogP contribution < -0.4 is 0 Å². The number of aromatic nitrogens is 1. The fourth-order valence-electron chi connectivity index (χ4n) is 0.824. The summed E-state index contributed by atoms with van der Waals surface area (Å²) >= 11 is 1.26. The second kappa shape index (κ2) is 5.79. The third-order valence-corrected chi connectivity index (χ3v) is 2.27. The fraction of sp³-hybridized carbons (Fsp3) is 0.250. The van der Waals surface area contributed by atoms with Crippen molar-refractivity contribution in [1.29, 1.82) is 0 Å². The van der Waals surface area contributed by atoms with Gasteiger partial charge in [-0.25, -0.2) is 9.78 Å². The Morgan fingerprint density at radius 1 is 1.80 bits per heavy atom. The Kier molecular flexibility index (Phi) is 4.33. The maximum absolute atomic E-state index is 10.5. The zero-order valence-electron chi connectivity index (χ0n) is 7.70. The maximum Gasteiger partial charge on any atom is 0.355 e. The summed E-state index contributed by atoms with van der Waals surface area (Å²) in [6, 6.07) is 0. The lowest BCUT2D eigenvalue weighted by atomic mass is 10.4. The number of hydrogen-bond donors (Lipinski definition) is 1. The van der Waals surface area contributed by atoms with E-state index in [4.69, 9.17) is 10.6 Å². The van der Waals surface area contributed by atoms with Crippen LogP contribution in [0.5, 0.6) is 0 Å². The van der Waals surface area contributed by atoms with Crippen LogP contribution in [0.15, 0.2) is 16.6 Å². The van der Waals surface area contributed by atoms with Crippen molar-refractivity contribution in [2.75, 3.05) is 6.54 Å². The molecule has 1 rings (SSSR count). The number of azide groups is 1. The molecule has 6 nitrogen and oxygen atoms in total. The molecule has 78 valence electrons. The van der Waals surface area contributed by atoms with Gasteiger partial charge in [-0.1, -0.05) is 11.2 Å². The molecular formula is C8H8N4O2S. The summed E-state index contributed by atoms with van der Waals surface area (Å²) in [7, 11) is 0. The van der Waals surface area contributed by atoms with Crippen LogP contribution in [0.4, 0.5) is 0 Å². The molecule has 15 heavy (non-hydrogen) atoms. The van der Waals surface area contributed by atoms with Gasteiger partial charge in [0.2, 0.25) is 0 Å². The van der Waals surface area contributed by atoms with Crippen LogP contribution >= 0.6 is 11.3 Å². The highest BCUT2D eigenvalue weighted by Crippen LogP contribution is 2.11. The van der Waals surface area contributed by atoms with Gasteiger partial charge in [-0.15, -0.1) is 11.3 Å². The molecule has 1 N–H and O–H groups in total. The van der Waals surface area contributed by atoms with Crippen LogP contribution in [-0.4, -0.2) is 22.6 Å². The Labute approximate surface area is 89.5 Å². The molecule has 0 aliphatic rings. The summed E-state index contributed by atoms with van der Waals surface area (Å²) in [6.07, 6.45) is 4.12. The first kappa shape index (κ1) is 11.2. The van der Waals surface area contributed by atoms with Crippen molar-refractivity contribution >= 4 is 23.4 Å². The number of carboxylic acids is 1. The van der Waals surface area contributed by atoms with Crippen LogP contribution in [0, 0.1) is 0 Å². The van der Waals surface area contributed by atoms with Gasteiger partial charge in [0.1, 0.15) is 5.01 Å². The molecule has 0 saturated heterocycles. The van der Waals surface area contributed by atoms with Gasteiger partial charge >= 0.3 is 5.97 Å². The summed E-state index contributed by atoms with van der Waals surface area (Å²) in [4.78, 5) is 17.0. The number of nitrogens with zero attached hydrogens (tertiary/aromatic N) is 4. The minimum absolute atomic E-state index is 0.0506. The van der Waals surface area contributed by atoms with Gasteiger partial charge in [0.05, 0.1) is 0 Å². The average molecular weight is 224 g/mol. The third kappa shape index (κ3) is 3.80. The number of rotatable bonds is 5. The van der Waals surface area contributed by atoms with Crippen molar-refractivity contribution in [3.8, 4) is 0 Å². The van der Waals surface area contributed by atoms with E-state index in [0.717, 1.165) is 0 Å². The SMILES string of the molecule is [N-]=[N+]=NCCC=Cc1nc(C(=O)O)cs1. The van der Waals surface area contributed by atoms with Gasteiger partial charge in [-0.2, -0.15) is 0 Å². The zero-order valence-corrected chi connectivity index (χ0v) is 8.52. The van der Waals surface area contributed by atoms with Gasteiger partial charge in [-0.05, 0) is 18.0 Å². The lowest BCUT2D eigenvalue weighted by Gasteiger charge is -1.84. The maximum atomic E-state index is 10.5. The third-order valence-electron chi connectivity index (χ3n) is 1.46. The lowest BCUT2D eigenvalue weighted by molar-refractivity contribution is 0.0691. The smallest absolute Gasteiger partial charge is 0.355 e. The van der Waals surface area contributed by atoms with E-state index in [1.807, 2.05) is 0 Å². The molecule has 1 aromatic heterocycles. The van der Waals surface area contributed by atoms with E-state index in [9.17, 15) is 4.79 Å². The average Bonchev–Trinajstić information content (AvgIpc) is 2.66. The molecule has 0 fully saturated rings. The van der Waals surface area contributed by atoms with E-state index < -0.39 is 5.97 Å².